The number of nitrogens with one attached hydrogen (secondary N) is 1. The first-order valence-corrected chi connectivity index (χ1v) is 7.29. The predicted molar refractivity (Wildman–Crippen MR) is 74.4 cm³/mol. The molecule has 0 aliphatic heterocycles. The molecule has 2 aromatic rings. The van der Waals surface area contributed by atoms with E-state index in [0.29, 0.717) is 11.3 Å². The number of hydrogen-bond acceptors (Lipinski definition) is 3. The molecule has 0 atom stereocenters. The van der Waals surface area contributed by atoms with Crippen LogP contribution in [-0.4, -0.2) is 13.5 Å². The Morgan fingerprint density at radius 2 is 1.68 bits per heavy atom. The average molecular weight is 277 g/mol. The SMILES string of the molecule is Cc1ccccc1NS(=O)(=O)c1ccc(CO)cc1. The third-order valence-corrected chi connectivity index (χ3v) is 4.19. The molecule has 0 heterocycles. The normalized spacial score (nSPS) is 11.3. The molecule has 2 aromatic carbocycles. The summed E-state index contributed by atoms with van der Waals surface area (Å²) in [5, 5.41) is 8.94. The lowest BCUT2D eigenvalue weighted by Crippen LogP contribution is -2.13. The van der Waals surface area contributed by atoms with E-state index in [9.17, 15) is 8.42 Å². The van der Waals surface area contributed by atoms with Gasteiger partial charge in [0.2, 0.25) is 0 Å². The Morgan fingerprint density at radius 3 is 2.26 bits per heavy atom. The topological polar surface area (TPSA) is 66.4 Å². The molecule has 0 fully saturated rings. The average Bonchev–Trinajstić information content (AvgIpc) is 2.41. The molecule has 0 saturated heterocycles. The molecule has 0 spiro atoms. The number of aliphatic hydroxyl groups is 1. The fourth-order valence-corrected chi connectivity index (χ4v) is 2.80. The molecule has 19 heavy (non-hydrogen) atoms. The molecule has 5 heteroatoms. The number of para-hydroxylation sites is 1. The van der Waals surface area contributed by atoms with Gasteiger partial charge in [-0.1, -0.05) is 30.3 Å². The van der Waals surface area contributed by atoms with Crippen LogP contribution in [0.1, 0.15) is 11.1 Å². The zero-order chi connectivity index (χ0) is 13.9. The third-order valence-electron chi connectivity index (χ3n) is 2.81. The molecule has 0 radical (unpaired) electrons. The molecule has 2 rings (SSSR count). The summed E-state index contributed by atoms with van der Waals surface area (Å²) in [6.45, 7) is 1.73. The van der Waals surface area contributed by atoms with Gasteiger partial charge in [0.15, 0.2) is 0 Å². The number of sulfonamides is 1. The Balaban J connectivity index is 2.30. The van der Waals surface area contributed by atoms with Crippen molar-refractivity contribution in [2.75, 3.05) is 4.72 Å². The maximum absolute atomic E-state index is 12.2. The molecule has 0 amide bonds. The van der Waals surface area contributed by atoms with Gasteiger partial charge in [0.25, 0.3) is 10.0 Å². The van der Waals surface area contributed by atoms with Crippen LogP contribution < -0.4 is 4.72 Å². The molecule has 0 aliphatic rings. The van der Waals surface area contributed by atoms with E-state index >= 15 is 0 Å². The van der Waals surface area contributed by atoms with Gasteiger partial charge in [-0.15, -0.1) is 0 Å². The second-order valence-corrected chi connectivity index (χ2v) is 5.90. The molecule has 0 bridgehead atoms. The number of aliphatic hydroxyl groups excluding tert-OH is 1. The van der Waals surface area contributed by atoms with Crippen molar-refractivity contribution >= 4 is 15.7 Å². The second kappa shape index (κ2) is 5.42. The third kappa shape index (κ3) is 3.13. The van der Waals surface area contributed by atoms with Crippen molar-refractivity contribution in [3.63, 3.8) is 0 Å². The first-order valence-electron chi connectivity index (χ1n) is 5.81. The molecular weight excluding hydrogens is 262 g/mol. The summed E-state index contributed by atoms with van der Waals surface area (Å²) < 4.78 is 26.9. The smallest absolute Gasteiger partial charge is 0.261 e. The van der Waals surface area contributed by atoms with Crippen LogP contribution in [0.3, 0.4) is 0 Å². The van der Waals surface area contributed by atoms with E-state index in [1.165, 1.54) is 12.1 Å². The monoisotopic (exact) mass is 277 g/mol. The van der Waals surface area contributed by atoms with Crippen LogP contribution >= 0.6 is 0 Å². The molecule has 4 nitrogen and oxygen atoms in total. The van der Waals surface area contributed by atoms with Crippen LogP contribution in [0.4, 0.5) is 5.69 Å². The van der Waals surface area contributed by atoms with Crippen LogP contribution in [0.25, 0.3) is 0 Å². The van der Waals surface area contributed by atoms with Gasteiger partial charge in [0.05, 0.1) is 17.2 Å². The van der Waals surface area contributed by atoms with Crippen molar-refractivity contribution in [3.8, 4) is 0 Å². The lowest BCUT2D eigenvalue weighted by atomic mass is 10.2. The lowest BCUT2D eigenvalue weighted by Gasteiger charge is -2.10. The highest BCUT2D eigenvalue weighted by Gasteiger charge is 2.14. The molecule has 2 N–H and O–H groups in total. The van der Waals surface area contributed by atoms with Gasteiger partial charge in [-0.25, -0.2) is 8.42 Å². The first kappa shape index (κ1) is 13.6. The minimum Gasteiger partial charge on any atom is -0.392 e. The molecular formula is C14H15NO3S. The quantitative estimate of drug-likeness (QED) is 0.901. The van der Waals surface area contributed by atoms with Gasteiger partial charge >= 0.3 is 0 Å². The molecule has 0 unspecified atom stereocenters. The van der Waals surface area contributed by atoms with Crippen molar-refractivity contribution in [1.29, 1.82) is 0 Å². The Labute approximate surface area is 112 Å². The highest BCUT2D eigenvalue weighted by molar-refractivity contribution is 7.92. The number of rotatable bonds is 4. The van der Waals surface area contributed by atoms with Crippen LogP contribution in [0.5, 0.6) is 0 Å². The van der Waals surface area contributed by atoms with E-state index in [1.807, 2.05) is 19.1 Å². The van der Waals surface area contributed by atoms with Crippen LogP contribution in [-0.2, 0) is 16.6 Å². The van der Waals surface area contributed by atoms with Gasteiger partial charge in [-0.3, -0.25) is 4.72 Å². The van der Waals surface area contributed by atoms with Gasteiger partial charge in [-0.2, -0.15) is 0 Å². The van der Waals surface area contributed by atoms with E-state index in [0.717, 1.165) is 5.56 Å². The molecule has 0 aromatic heterocycles. The molecule has 100 valence electrons. The standard InChI is InChI=1S/C14H15NO3S/c1-11-4-2-3-5-14(11)15-19(17,18)13-8-6-12(10-16)7-9-13/h2-9,15-16H,10H2,1H3. The lowest BCUT2D eigenvalue weighted by molar-refractivity contribution is 0.282. The Kier molecular flexibility index (Phi) is 3.87. The van der Waals surface area contributed by atoms with Gasteiger partial charge in [-0.05, 0) is 36.2 Å². The van der Waals surface area contributed by atoms with Crippen LogP contribution in [0.2, 0.25) is 0 Å². The minimum absolute atomic E-state index is 0.106. The predicted octanol–water partition coefficient (Wildman–Crippen LogP) is 2.29. The highest BCUT2D eigenvalue weighted by atomic mass is 32.2. The van der Waals surface area contributed by atoms with Crippen molar-refractivity contribution in [1.82, 2.24) is 0 Å². The second-order valence-electron chi connectivity index (χ2n) is 4.22. The van der Waals surface area contributed by atoms with Crippen LogP contribution in [0, 0.1) is 6.92 Å². The summed E-state index contributed by atoms with van der Waals surface area (Å²) >= 11 is 0. The molecule has 0 aliphatic carbocycles. The van der Waals surface area contributed by atoms with Crippen LogP contribution in [0.15, 0.2) is 53.4 Å². The highest BCUT2D eigenvalue weighted by Crippen LogP contribution is 2.19. The van der Waals surface area contributed by atoms with Crippen molar-refractivity contribution in [2.45, 2.75) is 18.4 Å². The number of aryl methyl sites for hydroxylation is 1. The zero-order valence-electron chi connectivity index (χ0n) is 10.5. The summed E-state index contributed by atoms with van der Waals surface area (Å²) in [5.41, 5.74) is 2.10. The van der Waals surface area contributed by atoms with Gasteiger partial charge in [0, 0.05) is 0 Å². The van der Waals surface area contributed by atoms with E-state index in [-0.39, 0.29) is 11.5 Å². The molecule has 0 saturated carbocycles. The van der Waals surface area contributed by atoms with Crippen molar-refractivity contribution < 1.29 is 13.5 Å². The van der Waals surface area contributed by atoms with E-state index < -0.39 is 10.0 Å². The Morgan fingerprint density at radius 1 is 1.05 bits per heavy atom. The Hall–Kier alpha value is -1.85. The summed E-state index contributed by atoms with van der Waals surface area (Å²) in [6.07, 6.45) is 0. The first-order chi connectivity index (χ1) is 9.03. The summed E-state index contributed by atoms with van der Waals surface area (Å²) in [6, 6.07) is 13.3. The van der Waals surface area contributed by atoms with E-state index in [2.05, 4.69) is 4.72 Å². The zero-order valence-corrected chi connectivity index (χ0v) is 11.3. The van der Waals surface area contributed by atoms with Crippen molar-refractivity contribution in [2.24, 2.45) is 0 Å². The number of anilines is 1. The van der Waals surface area contributed by atoms with Gasteiger partial charge < -0.3 is 5.11 Å². The van der Waals surface area contributed by atoms with Gasteiger partial charge in [0.1, 0.15) is 0 Å². The fraction of sp³-hybridized carbons (Fsp3) is 0.143. The maximum Gasteiger partial charge on any atom is 0.261 e. The minimum atomic E-state index is -3.59. The maximum atomic E-state index is 12.2. The Bertz CT molecular complexity index is 663. The van der Waals surface area contributed by atoms with E-state index in [1.54, 1.807) is 24.3 Å². The number of hydrogen-bond donors (Lipinski definition) is 2. The van der Waals surface area contributed by atoms with Crippen molar-refractivity contribution in [3.05, 3.63) is 59.7 Å². The fourth-order valence-electron chi connectivity index (χ4n) is 1.67. The summed E-state index contributed by atoms with van der Waals surface area (Å²) in [5.74, 6) is 0. The summed E-state index contributed by atoms with van der Waals surface area (Å²) in [4.78, 5) is 0.174. The number of benzene rings is 2. The summed E-state index contributed by atoms with van der Waals surface area (Å²) in [7, 11) is -3.59. The largest absolute Gasteiger partial charge is 0.392 e. The van der Waals surface area contributed by atoms with E-state index in [4.69, 9.17) is 5.11 Å².